The van der Waals surface area contributed by atoms with Crippen molar-refractivity contribution in [3.63, 3.8) is 0 Å². The van der Waals surface area contributed by atoms with Crippen LogP contribution in [0.15, 0.2) is 140 Å². The number of rotatable bonds is 7. The smallest absolute Gasteiger partial charge is 0.0969 e. The summed E-state index contributed by atoms with van der Waals surface area (Å²) in [6.45, 7) is 4.47. The van der Waals surface area contributed by atoms with Crippen LogP contribution in [0.3, 0.4) is 0 Å². The average Bonchev–Trinajstić information content (AvgIpc) is 3.02. The first kappa shape index (κ1) is 25.6. The zero-order chi connectivity index (χ0) is 27.5. The highest BCUT2D eigenvalue weighted by Gasteiger charge is 2.25. The fourth-order valence-corrected chi connectivity index (χ4v) is 5.63. The molecule has 1 heterocycles. The highest BCUT2D eigenvalue weighted by atomic mass is 15.1. The third-order valence-electron chi connectivity index (χ3n) is 7.81. The number of pyridine rings is 1. The molecule has 0 spiro atoms. The summed E-state index contributed by atoms with van der Waals surface area (Å²) in [4.78, 5) is 7.72. The van der Waals surface area contributed by atoms with Crippen LogP contribution < -0.4 is 4.90 Å². The number of fused-ring (bicyclic) bond motifs is 1. The quantitative estimate of drug-likeness (QED) is 0.209. The predicted octanol–water partition coefficient (Wildman–Crippen LogP) is 9.92. The summed E-state index contributed by atoms with van der Waals surface area (Å²) in [6.07, 6.45) is 0. The van der Waals surface area contributed by atoms with E-state index in [0.717, 1.165) is 22.6 Å². The molecule has 0 amide bonds. The minimum absolute atomic E-state index is 0.0868. The molecule has 1 unspecified atom stereocenters. The molecule has 0 aliphatic rings. The first-order valence-corrected chi connectivity index (χ1v) is 14.0. The largest absolute Gasteiger partial charge is 0.362 e. The Balaban J connectivity index is 1.52. The van der Waals surface area contributed by atoms with Crippen LogP contribution in [0.25, 0.3) is 33.2 Å². The maximum Gasteiger partial charge on any atom is 0.0969 e. The Morgan fingerprint density at radius 3 is 2.02 bits per heavy atom. The fraction of sp³-hybridized carbons (Fsp3) is 0.132. The van der Waals surface area contributed by atoms with Gasteiger partial charge in [0.25, 0.3) is 0 Å². The van der Waals surface area contributed by atoms with E-state index in [2.05, 4.69) is 165 Å². The fourth-order valence-electron chi connectivity index (χ4n) is 5.63. The van der Waals surface area contributed by atoms with E-state index in [1.807, 2.05) is 0 Å². The van der Waals surface area contributed by atoms with Crippen LogP contribution in [0, 0.1) is 0 Å². The van der Waals surface area contributed by atoms with E-state index in [9.17, 15) is 0 Å². The maximum absolute atomic E-state index is 5.36. The standard InChI is InChI=1S/C38H34N2/c1-27(2)28-23-25-31(26-24-28)40(3)38(35-19-10-9-18-33(35)29-13-5-4-6-14-29)37-22-12-21-36(39-37)34-20-11-16-30-15-7-8-17-32(30)34/h4-27,38H,1-3H3. The van der Waals surface area contributed by atoms with Crippen LogP contribution in [-0.4, -0.2) is 12.0 Å². The van der Waals surface area contributed by atoms with Crippen LogP contribution in [-0.2, 0) is 0 Å². The lowest BCUT2D eigenvalue weighted by Crippen LogP contribution is -2.26. The summed E-state index contributed by atoms with van der Waals surface area (Å²) in [5.74, 6) is 0.494. The lowest BCUT2D eigenvalue weighted by atomic mass is 9.91. The number of nitrogens with zero attached hydrogens (tertiary/aromatic N) is 2. The van der Waals surface area contributed by atoms with Crippen molar-refractivity contribution in [1.82, 2.24) is 4.98 Å². The van der Waals surface area contributed by atoms with Gasteiger partial charge in [0.2, 0.25) is 0 Å². The summed E-state index contributed by atoms with van der Waals surface area (Å²) in [5, 5.41) is 2.44. The Labute approximate surface area is 237 Å². The second-order valence-corrected chi connectivity index (χ2v) is 10.7. The van der Waals surface area contributed by atoms with E-state index < -0.39 is 0 Å². The van der Waals surface area contributed by atoms with Gasteiger partial charge < -0.3 is 4.90 Å². The SMILES string of the molecule is CC(C)c1ccc(N(C)C(c2cccc(-c3cccc4ccccc34)n2)c2ccccc2-c2ccccc2)cc1. The van der Waals surface area contributed by atoms with Crippen molar-refractivity contribution < 1.29 is 0 Å². The maximum atomic E-state index is 5.36. The molecule has 0 radical (unpaired) electrons. The highest BCUT2D eigenvalue weighted by Crippen LogP contribution is 2.38. The van der Waals surface area contributed by atoms with Gasteiger partial charge in [-0.2, -0.15) is 0 Å². The number of anilines is 1. The van der Waals surface area contributed by atoms with E-state index in [-0.39, 0.29) is 6.04 Å². The number of hydrogen-bond donors (Lipinski definition) is 0. The van der Waals surface area contributed by atoms with Gasteiger partial charge in [0, 0.05) is 18.3 Å². The molecule has 1 aromatic heterocycles. The van der Waals surface area contributed by atoms with Gasteiger partial charge >= 0.3 is 0 Å². The van der Waals surface area contributed by atoms with Crippen molar-refractivity contribution in [3.8, 4) is 22.4 Å². The van der Waals surface area contributed by atoms with Gasteiger partial charge in [-0.3, -0.25) is 4.98 Å². The molecule has 5 aromatic carbocycles. The zero-order valence-corrected chi connectivity index (χ0v) is 23.3. The predicted molar refractivity (Wildman–Crippen MR) is 170 cm³/mol. The molecular weight excluding hydrogens is 484 g/mol. The van der Waals surface area contributed by atoms with Crippen molar-refractivity contribution in [3.05, 3.63) is 156 Å². The number of benzene rings is 5. The molecule has 40 heavy (non-hydrogen) atoms. The normalized spacial score (nSPS) is 12.0. The second-order valence-electron chi connectivity index (χ2n) is 10.7. The highest BCUT2D eigenvalue weighted by molar-refractivity contribution is 5.95. The lowest BCUT2D eigenvalue weighted by Gasteiger charge is -2.32. The van der Waals surface area contributed by atoms with Crippen molar-refractivity contribution in [2.24, 2.45) is 0 Å². The van der Waals surface area contributed by atoms with Gasteiger partial charge in [-0.25, -0.2) is 0 Å². The van der Waals surface area contributed by atoms with E-state index in [4.69, 9.17) is 4.98 Å². The first-order valence-electron chi connectivity index (χ1n) is 14.0. The second kappa shape index (κ2) is 11.2. The molecule has 196 valence electrons. The summed E-state index contributed by atoms with van der Waals surface area (Å²) in [7, 11) is 2.18. The summed E-state index contributed by atoms with van der Waals surface area (Å²) < 4.78 is 0. The first-order chi connectivity index (χ1) is 19.6. The van der Waals surface area contributed by atoms with E-state index in [1.54, 1.807) is 0 Å². The van der Waals surface area contributed by atoms with E-state index in [1.165, 1.54) is 33.0 Å². The summed E-state index contributed by atoms with van der Waals surface area (Å²) in [6, 6.07) is 49.7. The summed E-state index contributed by atoms with van der Waals surface area (Å²) in [5.41, 5.74) is 9.31. The minimum atomic E-state index is -0.0868. The molecule has 1 atom stereocenters. The Hall–Kier alpha value is -4.69. The monoisotopic (exact) mass is 518 g/mol. The van der Waals surface area contributed by atoms with Crippen LogP contribution in [0.5, 0.6) is 0 Å². The zero-order valence-electron chi connectivity index (χ0n) is 23.3. The van der Waals surface area contributed by atoms with Gasteiger partial charge in [0.15, 0.2) is 0 Å². The third kappa shape index (κ3) is 5.01. The topological polar surface area (TPSA) is 16.1 Å². The molecule has 0 N–H and O–H groups in total. The average molecular weight is 519 g/mol. The molecule has 0 saturated carbocycles. The van der Waals surface area contributed by atoms with Gasteiger partial charge in [-0.15, -0.1) is 0 Å². The van der Waals surface area contributed by atoms with Gasteiger partial charge in [0.05, 0.1) is 17.4 Å². The molecule has 0 aliphatic carbocycles. The molecular formula is C38H34N2. The molecule has 6 rings (SSSR count). The molecule has 2 nitrogen and oxygen atoms in total. The molecule has 0 aliphatic heterocycles. The lowest BCUT2D eigenvalue weighted by molar-refractivity contribution is 0.757. The Kier molecular flexibility index (Phi) is 7.16. The number of hydrogen-bond acceptors (Lipinski definition) is 2. The third-order valence-corrected chi connectivity index (χ3v) is 7.81. The van der Waals surface area contributed by atoms with Crippen LogP contribution in [0.4, 0.5) is 5.69 Å². The van der Waals surface area contributed by atoms with Gasteiger partial charge in [-0.1, -0.05) is 129 Å². The molecule has 2 heteroatoms. The Morgan fingerprint density at radius 1 is 0.575 bits per heavy atom. The van der Waals surface area contributed by atoms with E-state index >= 15 is 0 Å². The van der Waals surface area contributed by atoms with Crippen molar-refractivity contribution in [1.29, 1.82) is 0 Å². The van der Waals surface area contributed by atoms with E-state index in [0.29, 0.717) is 5.92 Å². The Morgan fingerprint density at radius 2 is 1.23 bits per heavy atom. The molecule has 0 saturated heterocycles. The van der Waals surface area contributed by atoms with Crippen molar-refractivity contribution in [2.75, 3.05) is 11.9 Å². The Bertz CT molecular complexity index is 1730. The van der Waals surface area contributed by atoms with Crippen molar-refractivity contribution in [2.45, 2.75) is 25.8 Å². The number of aromatic nitrogens is 1. The summed E-state index contributed by atoms with van der Waals surface area (Å²) >= 11 is 0. The van der Waals surface area contributed by atoms with Crippen LogP contribution in [0.2, 0.25) is 0 Å². The molecule has 0 bridgehead atoms. The minimum Gasteiger partial charge on any atom is -0.362 e. The van der Waals surface area contributed by atoms with Crippen LogP contribution >= 0.6 is 0 Å². The van der Waals surface area contributed by atoms with Crippen LogP contribution in [0.1, 0.15) is 42.6 Å². The van der Waals surface area contributed by atoms with Crippen molar-refractivity contribution >= 4 is 16.5 Å². The molecule has 6 aromatic rings. The molecule has 0 fully saturated rings. The van der Waals surface area contributed by atoms with Gasteiger partial charge in [0.1, 0.15) is 0 Å². The van der Waals surface area contributed by atoms with Gasteiger partial charge in [-0.05, 0) is 63.2 Å².